The molecule has 1 heterocycles. The monoisotopic (exact) mass is 437 g/mol. The van der Waals surface area contributed by atoms with Gasteiger partial charge in [-0.2, -0.15) is 0 Å². The summed E-state index contributed by atoms with van der Waals surface area (Å²) in [7, 11) is 5.07. The molecule has 0 fully saturated rings. The zero-order valence-corrected chi connectivity index (χ0v) is 19.2. The first-order chi connectivity index (χ1) is 15.0. The Kier molecular flexibility index (Phi) is 6.40. The van der Waals surface area contributed by atoms with Gasteiger partial charge in [0, 0.05) is 18.1 Å². The third-order valence-corrected chi connectivity index (χ3v) is 6.22. The van der Waals surface area contributed by atoms with E-state index < -0.39 is 0 Å². The average molecular weight is 438 g/mol. The standard InChI is InChI=1S/C26H28ClNO3/c1-17-12-18(8-9-23(17)29-2)16-28-11-10-19-14-24(30-3)25(31-4)15-22(19)26(28)20-6-5-7-21(27)13-20/h5-9,12-15,26H,10-11,16H2,1-4H3. The number of benzene rings is 3. The first-order valence-electron chi connectivity index (χ1n) is 10.4. The van der Waals surface area contributed by atoms with Crippen molar-refractivity contribution in [1.29, 1.82) is 0 Å². The summed E-state index contributed by atoms with van der Waals surface area (Å²) in [4.78, 5) is 2.50. The smallest absolute Gasteiger partial charge is 0.161 e. The number of ether oxygens (including phenoxy) is 3. The molecule has 0 aromatic heterocycles. The van der Waals surface area contributed by atoms with Gasteiger partial charge >= 0.3 is 0 Å². The van der Waals surface area contributed by atoms with E-state index in [9.17, 15) is 0 Å². The van der Waals surface area contributed by atoms with Crippen LogP contribution in [-0.2, 0) is 13.0 Å². The van der Waals surface area contributed by atoms with Crippen molar-refractivity contribution in [3.63, 3.8) is 0 Å². The Morgan fingerprint density at radius 3 is 2.32 bits per heavy atom. The largest absolute Gasteiger partial charge is 0.496 e. The maximum atomic E-state index is 6.38. The number of methoxy groups -OCH3 is 3. The van der Waals surface area contributed by atoms with E-state index in [0.717, 1.165) is 47.3 Å². The van der Waals surface area contributed by atoms with Gasteiger partial charge in [-0.05, 0) is 71.5 Å². The van der Waals surface area contributed by atoms with E-state index >= 15 is 0 Å². The van der Waals surface area contributed by atoms with E-state index in [1.54, 1.807) is 21.3 Å². The van der Waals surface area contributed by atoms with E-state index in [4.69, 9.17) is 25.8 Å². The summed E-state index contributed by atoms with van der Waals surface area (Å²) in [6.45, 7) is 3.85. The van der Waals surface area contributed by atoms with Gasteiger partial charge in [0.15, 0.2) is 11.5 Å². The van der Waals surface area contributed by atoms with Crippen LogP contribution in [0.25, 0.3) is 0 Å². The van der Waals surface area contributed by atoms with Crippen molar-refractivity contribution in [3.05, 3.63) is 87.4 Å². The fraction of sp³-hybridized carbons (Fsp3) is 0.308. The summed E-state index contributed by atoms with van der Waals surface area (Å²) < 4.78 is 16.6. The molecule has 0 amide bonds. The molecule has 1 aliphatic rings. The first-order valence-corrected chi connectivity index (χ1v) is 10.8. The Morgan fingerprint density at radius 1 is 0.903 bits per heavy atom. The molecule has 1 atom stereocenters. The molecule has 1 unspecified atom stereocenters. The summed E-state index contributed by atoms with van der Waals surface area (Å²) in [5.74, 6) is 2.43. The number of rotatable bonds is 6. The van der Waals surface area contributed by atoms with Gasteiger partial charge in [-0.1, -0.05) is 35.9 Å². The summed E-state index contributed by atoms with van der Waals surface area (Å²) in [6.07, 6.45) is 0.946. The number of hydrogen-bond donors (Lipinski definition) is 0. The van der Waals surface area contributed by atoms with Crippen LogP contribution in [0.4, 0.5) is 0 Å². The average Bonchev–Trinajstić information content (AvgIpc) is 2.78. The molecule has 0 N–H and O–H groups in total. The number of fused-ring (bicyclic) bond motifs is 1. The van der Waals surface area contributed by atoms with Crippen LogP contribution >= 0.6 is 11.6 Å². The lowest BCUT2D eigenvalue weighted by Gasteiger charge is -2.38. The molecular formula is C26H28ClNO3. The molecule has 0 aliphatic carbocycles. The van der Waals surface area contributed by atoms with Crippen LogP contribution in [0.5, 0.6) is 17.2 Å². The van der Waals surface area contributed by atoms with Gasteiger partial charge in [0.25, 0.3) is 0 Å². The van der Waals surface area contributed by atoms with E-state index in [1.807, 2.05) is 18.2 Å². The molecular weight excluding hydrogens is 410 g/mol. The molecule has 4 nitrogen and oxygen atoms in total. The van der Waals surface area contributed by atoms with Gasteiger partial charge in [0.2, 0.25) is 0 Å². The number of nitrogens with zero attached hydrogens (tertiary/aromatic N) is 1. The van der Waals surface area contributed by atoms with Crippen LogP contribution in [-0.4, -0.2) is 32.8 Å². The minimum absolute atomic E-state index is 0.0738. The van der Waals surface area contributed by atoms with Crippen LogP contribution in [0, 0.1) is 6.92 Å². The molecule has 162 valence electrons. The third-order valence-electron chi connectivity index (χ3n) is 5.98. The lowest BCUT2D eigenvalue weighted by Crippen LogP contribution is -2.35. The van der Waals surface area contributed by atoms with Gasteiger partial charge in [-0.15, -0.1) is 0 Å². The van der Waals surface area contributed by atoms with Crippen LogP contribution < -0.4 is 14.2 Å². The molecule has 5 heteroatoms. The highest BCUT2D eigenvalue weighted by atomic mass is 35.5. The number of halogens is 1. The molecule has 3 aromatic carbocycles. The fourth-order valence-corrected chi connectivity index (χ4v) is 4.71. The lowest BCUT2D eigenvalue weighted by molar-refractivity contribution is 0.203. The molecule has 0 saturated heterocycles. The Hall–Kier alpha value is -2.69. The van der Waals surface area contributed by atoms with Crippen molar-refractivity contribution in [2.75, 3.05) is 27.9 Å². The topological polar surface area (TPSA) is 30.9 Å². The van der Waals surface area contributed by atoms with Crippen LogP contribution in [0.2, 0.25) is 5.02 Å². The zero-order valence-electron chi connectivity index (χ0n) is 18.4. The maximum absolute atomic E-state index is 6.38. The van der Waals surface area contributed by atoms with Gasteiger partial charge < -0.3 is 14.2 Å². The Bertz CT molecular complexity index is 1080. The quantitative estimate of drug-likeness (QED) is 0.486. The molecule has 0 radical (unpaired) electrons. The Labute approximate surface area is 189 Å². The van der Waals surface area contributed by atoms with Gasteiger partial charge in [0.1, 0.15) is 5.75 Å². The fourth-order valence-electron chi connectivity index (χ4n) is 4.51. The van der Waals surface area contributed by atoms with Crippen molar-refractivity contribution in [2.24, 2.45) is 0 Å². The summed E-state index contributed by atoms with van der Waals surface area (Å²) in [6, 6.07) is 18.8. The van der Waals surface area contributed by atoms with Crippen molar-refractivity contribution in [1.82, 2.24) is 4.90 Å². The second-order valence-electron chi connectivity index (χ2n) is 7.89. The second kappa shape index (κ2) is 9.21. The molecule has 4 rings (SSSR count). The number of hydrogen-bond acceptors (Lipinski definition) is 4. The number of aryl methyl sites for hydroxylation is 1. The van der Waals surface area contributed by atoms with Crippen LogP contribution in [0.3, 0.4) is 0 Å². The molecule has 0 bridgehead atoms. The minimum Gasteiger partial charge on any atom is -0.496 e. The molecule has 31 heavy (non-hydrogen) atoms. The SMILES string of the molecule is COc1ccc(CN2CCc3cc(OC)c(OC)cc3C2c2cccc(Cl)c2)cc1C. The van der Waals surface area contributed by atoms with Crippen molar-refractivity contribution < 1.29 is 14.2 Å². The third kappa shape index (κ3) is 4.36. The lowest BCUT2D eigenvalue weighted by atomic mass is 9.87. The Morgan fingerprint density at radius 2 is 1.65 bits per heavy atom. The Balaban J connectivity index is 1.78. The second-order valence-corrected chi connectivity index (χ2v) is 8.32. The minimum atomic E-state index is 0.0738. The summed E-state index contributed by atoms with van der Waals surface area (Å²) in [5.41, 5.74) is 6.09. The van der Waals surface area contributed by atoms with Crippen molar-refractivity contribution in [3.8, 4) is 17.2 Å². The summed E-state index contributed by atoms with van der Waals surface area (Å²) >= 11 is 6.38. The van der Waals surface area contributed by atoms with E-state index in [2.05, 4.69) is 48.2 Å². The molecule has 0 saturated carbocycles. The van der Waals surface area contributed by atoms with E-state index in [0.29, 0.717) is 0 Å². The highest BCUT2D eigenvalue weighted by Crippen LogP contribution is 2.42. The normalized spacial score (nSPS) is 16.0. The van der Waals surface area contributed by atoms with Crippen LogP contribution in [0.15, 0.2) is 54.6 Å². The van der Waals surface area contributed by atoms with E-state index in [-0.39, 0.29) is 6.04 Å². The van der Waals surface area contributed by atoms with Crippen molar-refractivity contribution >= 4 is 11.6 Å². The van der Waals surface area contributed by atoms with E-state index in [1.165, 1.54) is 22.3 Å². The predicted octanol–water partition coefficient (Wildman–Crippen LogP) is 5.82. The zero-order chi connectivity index (χ0) is 22.0. The van der Waals surface area contributed by atoms with Crippen LogP contribution in [0.1, 0.15) is 33.9 Å². The predicted molar refractivity (Wildman–Crippen MR) is 125 cm³/mol. The molecule has 3 aromatic rings. The first kappa shape index (κ1) is 21.5. The maximum Gasteiger partial charge on any atom is 0.161 e. The highest BCUT2D eigenvalue weighted by Gasteiger charge is 2.30. The molecule has 1 aliphatic heterocycles. The van der Waals surface area contributed by atoms with Crippen molar-refractivity contribution in [2.45, 2.75) is 25.9 Å². The molecule has 0 spiro atoms. The highest BCUT2D eigenvalue weighted by molar-refractivity contribution is 6.30. The summed E-state index contributed by atoms with van der Waals surface area (Å²) in [5, 5.41) is 0.741. The van der Waals surface area contributed by atoms with Gasteiger partial charge in [0.05, 0.1) is 27.4 Å². The van der Waals surface area contributed by atoms with Gasteiger partial charge in [-0.3, -0.25) is 4.90 Å². The van der Waals surface area contributed by atoms with Gasteiger partial charge in [-0.25, -0.2) is 0 Å².